The third kappa shape index (κ3) is 4.58. The third-order valence-corrected chi connectivity index (χ3v) is 5.67. The molecule has 3 rings (SSSR count). The van der Waals surface area contributed by atoms with Gasteiger partial charge in [0.1, 0.15) is 0 Å². The summed E-state index contributed by atoms with van der Waals surface area (Å²) in [6.45, 7) is 1.22. The van der Waals surface area contributed by atoms with E-state index in [9.17, 15) is 18.0 Å². The maximum absolute atomic E-state index is 14.0. The molecule has 0 bridgehead atoms. The molecule has 2 aliphatic heterocycles. The molecule has 0 saturated carbocycles. The van der Waals surface area contributed by atoms with Gasteiger partial charge in [-0.2, -0.15) is 13.2 Å². The number of hydrogen-bond donors (Lipinski definition) is 1. The maximum atomic E-state index is 14.0. The Kier molecular flexibility index (Phi) is 7.16. The van der Waals surface area contributed by atoms with E-state index in [1.807, 2.05) is 30.3 Å². The lowest BCUT2D eigenvalue weighted by atomic mass is 9.83. The molecule has 1 aromatic carbocycles. The number of rotatable bonds is 4. The van der Waals surface area contributed by atoms with Gasteiger partial charge in [-0.3, -0.25) is 9.69 Å². The van der Waals surface area contributed by atoms with Gasteiger partial charge in [-0.1, -0.05) is 30.3 Å². The number of alkyl halides is 3. The van der Waals surface area contributed by atoms with E-state index >= 15 is 0 Å². The molecule has 2 aliphatic rings. The van der Waals surface area contributed by atoms with E-state index in [2.05, 4.69) is 5.32 Å². The van der Waals surface area contributed by atoms with E-state index in [1.54, 1.807) is 11.9 Å². The van der Waals surface area contributed by atoms with Crippen LogP contribution in [0.25, 0.3) is 0 Å². The first-order chi connectivity index (χ1) is 12.4. The van der Waals surface area contributed by atoms with Crippen LogP contribution < -0.4 is 5.32 Å². The Bertz CT molecular complexity index is 628. The predicted octanol–water partition coefficient (Wildman–Crippen LogP) is 3.07. The van der Waals surface area contributed by atoms with Crippen LogP contribution in [0.4, 0.5) is 13.2 Å². The number of hydrogen-bond acceptors (Lipinski definition) is 3. The highest BCUT2D eigenvalue weighted by atomic mass is 35.5. The second-order valence-electron chi connectivity index (χ2n) is 7.41. The topological polar surface area (TPSA) is 35.6 Å². The summed E-state index contributed by atoms with van der Waals surface area (Å²) in [5.41, 5.74) is -1.32. The highest BCUT2D eigenvalue weighted by Crippen LogP contribution is 2.47. The minimum atomic E-state index is -4.54. The fraction of sp³-hybridized carbons (Fsp3) is 0.632. The highest BCUT2D eigenvalue weighted by molar-refractivity contribution is 5.85. The number of nitrogens with one attached hydrogen (secondary N) is 1. The summed E-state index contributed by atoms with van der Waals surface area (Å²) in [6, 6.07) is 9.50. The first kappa shape index (κ1) is 22.0. The van der Waals surface area contributed by atoms with Gasteiger partial charge in [0.2, 0.25) is 5.91 Å². The highest BCUT2D eigenvalue weighted by Gasteiger charge is 2.64. The molecular weight excluding hydrogens is 379 g/mol. The van der Waals surface area contributed by atoms with Crippen molar-refractivity contribution in [3.63, 3.8) is 0 Å². The zero-order valence-corrected chi connectivity index (χ0v) is 16.3. The maximum Gasteiger partial charge on any atom is 0.404 e. The number of halogens is 4. The second-order valence-corrected chi connectivity index (χ2v) is 7.41. The van der Waals surface area contributed by atoms with Crippen LogP contribution in [0.3, 0.4) is 0 Å². The first-order valence-electron chi connectivity index (χ1n) is 9.15. The van der Waals surface area contributed by atoms with Gasteiger partial charge < -0.3 is 10.2 Å². The van der Waals surface area contributed by atoms with Gasteiger partial charge in [0.15, 0.2) is 5.41 Å². The van der Waals surface area contributed by atoms with Crippen molar-refractivity contribution in [2.24, 2.45) is 5.41 Å². The van der Waals surface area contributed by atoms with Crippen LogP contribution in [-0.4, -0.2) is 61.2 Å². The molecular formula is C19H27ClF3N3O. The van der Waals surface area contributed by atoms with Crippen molar-refractivity contribution in [2.45, 2.75) is 38.0 Å². The van der Waals surface area contributed by atoms with Gasteiger partial charge in [0.25, 0.3) is 0 Å². The average Bonchev–Trinajstić information content (AvgIpc) is 3.07. The van der Waals surface area contributed by atoms with E-state index < -0.39 is 17.5 Å². The van der Waals surface area contributed by atoms with E-state index in [0.29, 0.717) is 19.6 Å². The quantitative estimate of drug-likeness (QED) is 0.836. The summed E-state index contributed by atoms with van der Waals surface area (Å²) < 4.78 is 42.1. The third-order valence-electron chi connectivity index (χ3n) is 5.67. The molecule has 4 nitrogen and oxygen atoms in total. The monoisotopic (exact) mass is 405 g/mol. The van der Waals surface area contributed by atoms with Crippen LogP contribution in [0.2, 0.25) is 0 Å². The van der Waals surface area contributed by atoms with E-state index in [-0.39, 0.29) is 38.0 Å². The van der Waals surface area contributed by atoms with Crippen LogP contribution in [-0.2, 0) is 11.3 Å². The number of likely N-dealkylation sites (tertiary alicyclic amines) is 2. The standard InChI is InChI=1S/C19H26F3N3O.ClH/c1-23-16-8-5-10-25(13-16)17(26)18(19(20,21)22)9-11-24(14-18)12-15-6-3-2-4-7-15;/h2-4,6-7,16,23H,5,8-14H2,1H3;1H. The lowest BCUT2D eigenvalue weighted by molar-refractivity contribution is -0.224. The van der Waals surface area contributed by atoms with E-state index in [0.717, 1.165) is 18.4 Å². The summed E-state index contributed by atoms with van der Waals surface area (Å²) in [4.78, 5) is 16.2. The molecule has 2 atom stereocenters. The fourth-order valence-corrected chi connectivity index (χ4v) is 4.09. The van der Waals surface area contributed by atoms with Gasteiger partial charge in [0.05, 0.1) is 0 Å². The molecule has 152 valence electrons. The van der Waals surface area contributed by atoms with Crippen molar-refractivity contribution in [3.05, 3.63) is 35.9 Å². The molecule has 27 heavy (non-hydrogen) atoms. The molecule has 2 heterocycles. The van der Waals surface area contributed by atoms with Crippen LogP contribution in [0.15, 0.2) is 30.3 Å². The second kappa shape index (κ2) is 8.80. The number of carbonyl (C=O) groups is 1. The van der Waals surface area contributed by atoms with Gasteiger partial charge in [-0.25, -0.2) is 0 Å². The lowest BCUT2D eigenvalue weighted by Gasteiger charge is -2.39. The molecule has 0 spiro atoms. The Morgan fingerprint density at radius 1 is 1.26 bits per heavy atom. The number of nitrogens with zero attached hydrogens (tertiary/aromatic N) is 2. The molecule has 0 aromatic heterocycles. The Morgan fingerprint density at radius 2 is 1.96 bits per heavy atom. The van der Waals surface area contributed by atoms with Gasteiger partial charge in [-0.15, -0.1) is 12.4 Å². The molecule has 2 unspecified atom stereocenters. The average molecular weight is 406 g/mol. The molecule has 2 saturated heterocycles. The van der Waals surface area contributed by atoms with E-state index in [1.165, 1.54) is 4.90 Å². The largest absolute Gasteiger partial charge is 0.404 e. The molecule has 1 N–H and O–H groups in total. The molecule has 2 fully saturated rings. The fourth-order valence-electron chi connectivity index (χ4n) is 4.09. The normalized spacial score (nSPS) is 26.7. The van der Waals surface area contributed by atoms with Crippen molar-refractivity contribution < 1.29 is 18.0 Å². The first-order valence-corrected chi connectivity index (χ1v) is 9.15. The van der Waals surface area contributed by atoms with Crippen LogP contribution >= 0.6 is 12.4 Å². The van der Waals surface area contributed by atoms with Crippen molar-refractivity contribution >= 4 is 18.3 Å². The van der Waals surface area contributed by atoms with Crippen LogP contribution in [0, 0.1) is 5.41 Å². The molecule has 0 aliphatic carbocycles. The van der Waals surface area contributed by atoms with Gasteiger partial charge in [0, 0.05) is 32.2 Å². The van der Waals surface area contributed by atoms with Gasteiger partial charge in [-0.05, 0) is 38.4 Å². The number of likely N-dealkylation sites (N-methyl/N-ethyl adjacent to an activating group) is 1. The number of amides is 1. The predicted molar refractivity (Wildman–Crippen MR) is 101 cm³/mol. The molecule has 1 amide bonds. The summed E-state index contributed by atoms with van der Waals surface area (Å²) in [5, 5.41) is 3.09. The number of piperidine rings is 1. The Balaban J connectivity index is 0.00000261. The van der Waals surface area contributed by atoms with Crippen LogP contribution in [0.5, 0.6) is 0 Å². The van der Waals surface area contributed by atoms with E-state index in [4.69, 9.17) is 0 Å². The lowest BCUT2D eigenvalue weighted by Crippen LogP contribution is -2.57. The summed E-state index contributed by atoms with van der Waals surface area (Å²) in [7, 11) is 1.79. The number of carbonyl (C=O) groups excluding carboxylic acids is 1. The number of benzene rings is 1. The summed E-state index contributed by atoms with van der Waals surface area (Å²) >= 11 is 0. The summed E-state index contributed by atoms with van der Waals surface area (Å²) in [5.74, 6) is -0.750. The molecule has 8 heteroatoms. The Morgan fingerprint density at radius 3 is 2.59 bits per heavy atom. The zero-order valence-electron chi connectivity index (χ0n) is 15.5. The smallest absolute Gasteiger partial charge is 0.340 e. The van der Waals surface area contributed by atoms with Crippen molar-refractivity contribution in [2.75, 3.05) is 33.2 Å². The van der Waals surface area contributed by atoms with Gasteiger partial charge >= 0.3 is 6.18 Å². The van der Waals surface area contributed by atoms with Crippen LogP contribution in [0.1, 0.15) is 24.8 Å². The SMILES string of the molecule is CNC1CCCN(C(=O)C2(C(F)(F)F)CCN(Cc3ccccc3)C2)C1.Cl. The summed E-state index contributed by atoms with van der Waals surface area (Å²) in [6.07, 6.45) is -3.08. The van der Waals surface area contributed by atoms with Crippen molar-refractivity contribution in [1.82, 2.24) is 15.1 Å². The minimum absolute atomic E-state index is 0. The zero-order chi connectivity index (χ0) is 18.8. The Hall–Kier alpha value is -1.31. The molecule has 0 radical (unpaired) electrons. The van der Waals surface area contributed by atoms with Crippen molar-refractivity contribution in [3.8, 4) is 0 Å². The Labute approximate surface area is 164 Å². The minimum Gasteiger partial charge on any atom is -0.340 e. The van der Waals surface area contributed by atoms with Crippen molar-refractivity contribution in [1.29, 1.82) is 0 Å². The molecule has 1 aromatic rings.